The summed E-state index contributed by atoms with van der Waals surface area (Å²) in [4.78, 5) is 18.8. The van der Waals surface area contributed by atoms with E-state index in [2.05, 4.69) is 37.1 Å². The van der Waals surface area contributed by atoms with Crippen LogP contribution in [0.25, 0.3) is 0 Å². The van der Waals surface area contributed by atoms with E-state index in [0.29, 0.717) is 19.8 Å². The third-order valence-corrected chi connectivity index (χ3v) is 4.57. The lowest BCUT2D eigenvalue weighted by Gasteiger charge is -2.33. The van der Waals surface area contributed by atoms with Crippen LogP contribution >= 0.6 is 24.0 Å². The van der Waals surface area contributed by atoms with Crippen LogP contribution in [-0.2, 0) is 9.53 Å². The van der Waals surface area contributed by atoms with Crippen molar-refractivity contribution in [2.24, 2.45) is 10.9 Å². The van der Waals surface area contributed by atoms with Crippen molar-refractivity contribution in [2.45, 2.75) is 40.5 Å². The minimum Gasteiger partial charge on any atom is -0.492 e. The monoisotopic (exact) mass is 503 g/mol. The normalized spacial score (nSPS) is 15.0. The van der Waals surface area contributed by atoms with Crippen LogP contribution in [0, 0.1) is 19.8 Å². The van der Waals surface area contributed by atoms with Crippen molar-refractivity contribution in [1.82, 2.24) is 10.2 Å². The van der Waals surface area contributed by atoms with Gasteiger partial charge in [0.1, 0.15) is 12.4 Å². The number of carbonyl (C=O) groups excluding carboxylic acids is 1. The van der Waals surface area contributed by atoms with Gasteiger partial charge in [-0.15, -0.1) is 24.0 Å². The van der Waals surface area contributed by atoms with Crippen molar-refractivity contribution >= 4 is 35.9 Å². The molecule has 0 unspecified atom stereocenters. The quantitative estimate of drug-likeness (QED) is 0.203. The van der Waals surface area contributed by atoms with E-state index in [1.54, 1.807) is 0 Å². The van der Waals surface area contributed by atoms with Crippen molar-refractivity contribution in [3.63, 3.8) is 0 Å². The van der Waals surface area contributed by atoms with Gasteiger partial charge in [-0.25, -0.2) is 4.99 Å². The number of hydrogen-bond acceptors (Lipinski definition) is 4. The second-order valence-corrected chi connectivity index (χ2v) is 6.92. The van der Waals surface area contributed by atoms with E-state index in [4.69, 9.17) is 14.5 Å². The molecule has 1 aliphatic rings. The average Bonchev–Trinajstić information content (AvgIpc) is 2.64. The van der Waals surface area contributed by atoms with Gasteiger partial charge in [-0.05, 0) is 63.8 Å². The molecule has 0 aromatic heterocycles. The highest BCUT2D eigenvalue weighted by Gasteiger charge is 2.27. The molecule has 1 aromatic carbocycles. The van der Waals surface area contributed by atoms with Crippen LogP contribution in [0.3, 0.4) is 0 Å². The summed E-state index contributed by atoms with van der Waals surface area (Å²) in [6.45, 7) is 12.1. The number of piperidine rings is 1. The van der Waals surface area contributed by atoms with Gasteiger partial charge in [-0.3, -0.25) is 4.79 Å². The minimum absolute atomic E-state index is 0. The highest BCUT2D eigenvalue weighted by molar-refractivity contribution is 14.0. The maximum atomic E-state index is 11.9. The molecule has 0 aliphatic carbocycles. The number of esters is 1. The van der Waals surface area contributed by atoms with E-state index in [-0.39, 0.29) is 35.9 Å². The number of aliphatic imine (C=N–C) groups is 1. The number of benzene rings is 1. The molecule has 7 heteroatoms. The lowest BCUT2D eigenvalue weighted by atomic mass is 9.97. The second kappa shape index (κ2) is 12.9. The van der Waals surface area contributed by atoms with Gasteiger partial charge in [0.05, 0.1) is 19.1 Å². The molecule has 0 amide bonds. The Balaban J connectivity index is 0.00000392. The molecule has 158 valence electrons. The lowest BCUT2D eigenvalue weighted by molar-refractivity contribution is -0.149. The molecular weight excluding hydrogens is 469 g/mol. The Labute approximate surface area is 186 Å². The van der Waals surface area contributed by atoms with Gasteiger partial charge in [0.15, 0.2) is 5.96 Å². The number of aryl methyl sites for hydroxylation is 2. The molecule has 1 aromatic rings. The Bertz CT molecular complexity index is 624. The maximum absolute atomic E-state index is 11.9. The third kappa shape index (κ3) is 7.85. The zero-order valence-corrected chi connectivity index (χ0v) is 19.8. The van der Waals surface area contributed by atoms with E-state index in [1.165, 1.54) is 11.1 Å². The lowest BCUT2D eigenvalue weighted by Crippen LogP contribution is -2.46. The van der Waals surface area contributed by atoms with Gasteiger partial charge < -0.3 is 19.7 Å². The number of nitrogens with zero attached hydrogens (tertiary/aromatic N) is 2. The van der Waals surface area contributed by atoms with Crippen LogP contribution in [0.15, 0.2) is 23.2 Å². The van der Waals surface area contributed by atoms with Gasteiger partial charge in [-0.2, -0.15) is 0 Å². The molecule has 0 radical (unpaired) electrons. The number of halogens is 1. The molecule has 1 N–H and O–H groups in total. The Kier molecular flexibility index (Phi) is 11.3. The highest BCUT2D eigenvalue weighted by Crippen LogP contribution is 2.19. The fourth-order valence-corrected chi connectivity index (χ4v) is 3.34. The Hall–Kier alpha value is -1.51. The summed E-state index contributed by atoms with van der Waals surface area (Å²) < 4.78 is 11.0. The van der Waals surface area contributed by atoms with E-state index < -0.39 is 0 Å². The summed E-state index contributed by atoms with van der Waals surface area (Å²) in [6.07, 6.45) is 1.62. The summed E-state index contributed by atoms with van der Waals surface area (Å²) in [5.74, 6) is 1.73. The number of hydrogen-bond donors (Lipinski definition) is 1. The molecule has 1 saturated heterocycles. The number of carbonyl (C=O) groups is 1. The molecule has 0 spiro atoms. The number of nitrogens with one attached hydrogen (secondary N) is 1. The first-order valence-electron chi connectivity index (χ1n) is 9.94. The molecule has 2 rings (SSSR count). The van der Waals surface area contributed by atoms with Crippen molar-refractivity contribution in [3.05, 3.63) is 29.3 Å². The summed E-state index contributed by atoms with van der Waals surface area (Å²) in [5.41, 5.74) is 2.40. The SMILES string of the molecule is CCNC(=NCCOc1cc(C)cc(C)c1)N1CCC(C(=O)OCC)CC1.I. The summed E-state index contributed by atoms with van der Waals surface area (Å²) in [7, 11) is 0. The standard InChI is InChI=1S/C21H33N3O3.HI/c1-5-22-21(24-10-7-18(8-11-24)20(25)26-6-2)23-9-12-27-19-14-16(3)13-17(4)15-19;/h13-15,18H,5-12H2,1-4H3,(H,22,23);1H. The Morgan fingerprint density at radius 3 is 2.39 bits per heavy atom. The van der Waals surface area contributed by atoms with Crippen LogP contribution in [0.4, 0.5) is 0 Å². The third-order valence-electron chi connectivity index (χ3n) is 4.57. The fourth-order valence-electron chi connectivity index (χ4n) is 3.34. The van der Waals surface area contributed by atoms with E-state index in [9.17, 15) is 4.79 Å². The molecule has 1 fully saturated rings. The van der Waals surface area contributed by atoms with Crippen LogP contribution in [-0.4, -0.2) is 56.2 Å². The summed E-state index contributed by atoms with van der Waals surface area (Å²) in [5, 5.41) is 3.34. The predicted molar refractivity (Wildman–Crippen MR) is 124 cm³/mol. The van der Waals surface area contributed by atoms with Crippen molar-refractivity contribution in [2.75, 3.05) is 39.4 Å². The highest BCUT2D eigenvalue weighted by atomic mass is 127. The van der Waals surface area contributed by atoms with Crippen LogP contribution in [0.2, 0.25) is 0 Å². The molecule has 1 aliphatic heterocycles. The molecule has 0 atom stereocenters. The van der Waals surface area contributed by atoms with Crippen molar-refractivity contribution in [3.8, 4) is 5.75 Å². The topological polar surface area (TPSA) is 63.2 Å². The summed E-state index contributed by atoms with van der Waals surface area (Å²) >= 11 is 0. The predicted octanol–water partition coefficient (Wildman–Crippen LogP) is 3.54. The number of likely N-dealkylation sites (tertiary alicyclic amines) is 1. The van der Waals surface area contributed by atoms with Gasteiger partial charge in [-0.1, -0.05) is 6.07 Å². The molecule has 1 heterocycles. The average molecular weight is 503 g/mol. The summed E-state index contributed by atoms with van der Waals surface area (Å²) in [6, 6.07) is 6.22. The molecule has 0 bridgehead atoms. The number of guanidine groups is 1. The van der Waals surface area contributed by atoms with Gasteiger partial charge in [0.25, 0.3) is 0 Å². The zero-order chi connectivity index (χ0) is 19.6. The van der Waals surface area contributed by atoms with Crippen LogP contribution < -0.4 is 10.1 Å². The van der Waals surface area contributed by atoms with Gasteiger partial charge in [0, 0.05) is 19.6 Å². The van der Waals surface area contributed by atoms with Gasteiger partial charge in [0.2, 0.25) is 0 Å². The number of ether oxygens (including phenoxy) is 2. The van der Waals surface area contributed by atoms with Gasteiger partial charge >= 0.3 is 5.97 Å². The van der Waals surface area contributed by atoms with Crippen LogP contribution in [0.5, 0.6) is 5.75 Å². The fraction of sp³-hybridized carbons (Fsp3) is 0.619. The molecular formula is C21H34IN3O3. The first-order valence-corrected chi connectivity index (χ1v) is 9.94. The Morgan fingerprint density at radius 2 is 1.82 bits per heavy atom. The van der Waals surface area contributed by atoms with E-state index >= 15 is 0 Å². The first-order chi connectivity index (χ1) is 13.0. The Morgan fingerprint density at radius 1 is 1.18 bits per heavy atom. The maximum Gasteiger partial charge on any atom is 0.309 e. The molecule has 28 heavy (non-hydrogen) atoms. The largest absolute Gasteiger partial charge is 0.492 e. The van der Waals surface area contributed by atoms with E-state index in [1.807, 2.05) is 19.1 Å². The smallest absolute Gasteiger partial charge is 0.309 e. The van der Waals surface area contributed by atoms with Crippen LogP contribution in [0.1, 0.15) is 37.8 Å². The molecule has 0 saturated carbocycles. The zero-order valence-electron chi connectivity index (χ0n) is 17.5. The minimum atomic E-state index is -0.0686. The van der Waals surface area contributed by atoms with Crippen molar-refractivity contribution in [1.29, 1.82) is 0 Å². The first kappa shape index (κ1) is 24.5. The second-order valence-electron chi connectivity index (χ2n) is 6.92. The van der Waals surface area contributed by atoms with Crippen molar-refractivity contribution < 1.29 is 14.3 Å². The van der Waals surface area contributed by atoms with E-state index in [0.717, 1.165) is 44.2 Å². The molecule has 6 nitrogen and oxygen atoms in total. The number of rotatable bonds is 7.